The van der Waals surface area contributed by atoms with Crippen LogP contribution in [-0.2, 0) is 0 Å². The maximum atomic E-state index is 4.12. The smallest absolute Gasteiger partial charge is 0.0457 e. The van der Waals surface area contributed by atoms with Gasteiger partial charge in [-0.25, -0.2) is 0 Å². The molecule has 1 aromatic heterocycles. The Hall–Kier alpha value is -2.27. The highest BCUT2D eigenvalue weighted by Crippen LogP contribution is 2.35. The van der Waals surface area contributed by atoms with Crippen LogP contribution in [0.15, 0.2) is 48.8 Å². The number of anilines is 3. The second-order valence-corrected chi connectivity index (χ2v) is 8.23. The van der Waals surface area contributed by atoms with Gasteiger partial charge in [0.15, 0.2) is 0 Å². The van der Waals surface area contributed by atoms with Crippen LogP contribution >= 0.6 is 0 Å². The largest absolute Gasteiger partial charge is 0.368 e. The number of benzene rings is 1. The highest BCUT2D eigenvalue weighted by molar-refractivity contribution is 5.58. The summed E-state index contributed by atoms with van der Waals surface area (Å²) in [5.41, 5.74) is 4.04. The summed E-state index contributed by atoms with van der Waals surface area (Å²) in [5, 5.41) is 0. The molecule has 142 valence electrons. The summed E-state index contributed by atoms with van der Waals surface area (Å²) in [6, 6.07) is 14.2. The van der Waals surface area contributed by atoms with E-state index in [2.05, 4.69) is 68.0 Å². The molecule has 5 rings (SSSR count). The average molecular weight is 364 g/mol. The zero-order chi connectivity index (χ0) is 18.2. The number of aromatic nitrogens is 1. The number of likely N-dealkylation sites (tertiary alicyclic amines) is 1. The van der Waals surface area contributed by atoms with E-state index in [-0.39, 0.29) is 0 Å². The Morgan fingerprint density at radius 2 is 1.33 bits per heavy atom. The first-order valence-electron chi connectivity index (χ1n) is 10.2. The Balaban J connectivity index is 1.23. The quantitative estimate of drug-likeness (QED) is 0.835. The topological polar surface area (TPSA) is 25.9 Å². The van der Waals surface area contributed by atoms with Gasteiger partial charge < -0.3 is 19.6 Å². The molecule has 3 aliphatic rings. The van der Waals surface area contributed by atoms with Crippen molar-refractivity contribution in [2.24, 2.45) is 5.92 Å². The van der Waals surface area contributed by atoms with E-state index < -0.39 is 0 Å². The minimum absolute atomic E-state index is 0.713. The Kier molecular flexibility index (Phi) is 4.40. The van der Waals surface area contributed by atoms with Crippen LogP contribution in [-0.4, -0.2) is 68.8 Å². The van der Waals surface area contributed by atoms with E-state index in [1.54, 1.807) is 0 Å². The van der Waals surface area contributed by atoms with E-state index >= 15 is 0 Å². The van der Waals surface area contributed by atoms with Crippen molar-refractivity contribution < 1.29 is 0 Å². The molecular formula is C22H29N5. The summed E-state index contributed by atoms with van der Waals surface area (Å²) < 4.78 is 0. The molecule has 0 aliphatic carbocycles. The van der Waals surface area contributed by atoms with Crippen molar-refractivity contribution in [2.45, 2.75) is 12.5 Å². The minimum Gasteiger partial charge on any atom is -0.368 e. The molecule has 3 fully saturated rings. The van der Waals surface area contributed by atoms with Crippen LogP contribution < -0.4 is 14.7 Å². The van der Waals surface area contributed by atoms with Gasteiger partial charge in [-0.1, -0.05) is 0 Å². The van der Waals surface area contributed by atoms with Gasteiger partial charge in [-0.2, -0.15) is 0 Å². The van der Waals surface area contributed by atoms with Crippen molar-refractivity contribution >= 4 is 17.1 Å². The van der Waals surface area contributed by atoms with E-state index in [0.717, 1.165) is 32.1 Å². The standard InChI is InChI=1S/C22H29N5/c1-24-16-18-8-11-27(22(18)17-24)21-4-2-19(3-5-21)25-12-14-26(15-13-25)20-6-9-23-10-7-20/h2-7,9-10,18,22H,8,11-17H2,1H3/t18-,22+/m1/s1. The van der Waals surface area contributed by atoms with Crippen LogP contribution in [0.2, 0.25) is 0 Å². The van der Waals surface area contributed by atoms with Crippen molar-refractivity contribution in [3.8, 4) is 0 Å². The minimum atomic E-state index is 0.713. The third-order valence-electron chi connectivity index (χ3n) is 6.58. The molecule has 4 heterocycles. The Morgan fingerprint density at radius 3 is 2.00 bits per heavy atom. The van der Waals surface area contributed by atoms with Crippen molar-refractivity contribution in [3.05, 3.63) is 48.8 Å². The zero-order valence-corrected chi connectivity index (χ0v) is 16.2. The lowest BCUT2D eigenvalue weighted by Gasteiger charge is -2.37. The lowest BCUT2D eigenvalue weighted by Crippen LogP contribution is -2.46. The second-order valence-electron chi connectivity index (χ2n) is 8.23. The molecule has 0 saturated carbocycles. The molecule has 0 unspecified atom stereocenters. The number of hydrogen-bond acceptors (Lipinski definition) is 5. The van der Waals surface area contributed by atoms with Crippen LogP contribution in [0.25, 0.3) is 0 Å². The number of nitrogens with zero attached hydrogens (tertiary/aromatic N) is 5. The first kappa shape index (κ1) is 16.9. The van der Waals surface area contributed by atoms with E-state index in [4.69, 9.17) is 0 Å². The summed E-state index contributed by atoms with van der Waals surface area (Å²) in [7, 11) is 2.26. The van der Waals surface area contributed by atoms with E-state index in [9.17, 15) is 0 Å². The predicted octanol–water partition coefficient (Wildman–Crippen LogP) is 2.55. The monoisotopic (exact) mass is 363 g/mol. The molecule has 2 atom stereocenters. The van der Waals surface area contributed by atoms with Crippen LogP contribution in [0.4, 0.5) is 17.1 Å². The van der Waals surface area contributed by atoms with E-state index in [1.165, 1.54) is 43.1 Å². The molecule has 27 heavy (non-hydrogen) atoms. The predicted molar refractivity (Wildman–Crippen MR) is 112 cm³/mol. The summed E-state index contributed by atoms with van der Waals surface area (Å²) in [6.45, 7) is 7.96. The normalized spacial score (nSPS) is 25.9. The first-order chi connectivity index (χ1) is 13.3. The molecule has 3 aliphatic heterocycles. The lowest BCUT2D eigenvalue weighted by molar-refractivity contribution is 0.386. The Labute approximate surface area is 162 Å². The molecule has 5 heteroatoms. The number of likely N-dealkylation sites (N-methyl/N-ethyl adjacent to an activating group) is 1. The van der Waals surface area contributed by atoms with Gasteiger partial charge in [0, 0.05) is 81.3 Å². The van der Waals surface area contributed by atoms with Crippen LogP contribution in [0.1, 0.15) is 6.42 Å². The molecule has 2 aromatic rings. The van der Waals surface area contributed by atoms with Gasteiger partial charge in [0.05, 0.1) is 0 Å². The van der Waals surface area contributed by atoms with Crippen molar-refractivity contribution in [3.63, 3.8) is 0 Å². The highest BCUT2D eigenvalue weighted by Gasteiger charge is 2.39. The number of rotatable bonds is 3. The van der Waals surface area contributed by atoms with E-state index in [1.807, 2.05) is 12.4 Å². The lowest BCUT2D eigenvalue weighted by atomic mass is 10.0. The first-order valence-corrected chi connectivity index (χ1v) is 10.2. The molecule has 3 saturated heterocycles. The van der Waals surface area contributed by atoms with Crippen LogP contribution in [0, 0.1) is 5.92 Å². The summed E-state index contributed by atoms with van der Waals surface area (Å²) in [6.07, 6.45) is 5.10. The molecule has 0 N–H and O–H groups in total. The van der Waals surface area contributed by atoms with Gasteiger partial charge in [0.1, 0.15) is 0 Å². The van der Waals surface area contributed by atoms with Gasteiger partial charge in [-0.05, 0) is 55.8 Å². The Bertz CT molecular complexity index is 754. The number of fused-ring (bicyclic) bond motifs is 1. The number of hydrogen-bond donors (Lipinski definition) is 0. The fourth-order valence-corrected chi connectivity index (χ4v) is 5.13. The van der Waals surface area contributed by atoms with Crippen LogP contribution in [0.3, 0.4) is 0 Å². The molecule has 0 spiro atoms. The summed E-state index contributed by atoms with van der Waals surface area (Å²) >= 11 is 0. The third-order valence-corrected chi connectivity index (χ3v) is 6.58. The van der Waals surface area contributed by atoms with Gasteiger partial charge >= 0.3 is 0 Å². The fraction of sp³-hybridized carbons (Fsp3) is 0.500. The van der Waals surface area contributed by atoms with Gasteiger partial charge in [-0.15, -0.1) is 0 Å². The van der Waals surface area contributed by atoms with Gasteiger partial charge in [0.25, 0.3) is 0 Å². The molecular weight excluding hydrogens is 334 g/mol. The van der Waals surface area contributed by atoms with Crippen molar-refractivity contribution in [1.82, 2.24) is 9.88 Å². The third kappa shape index (κ3) is 3.25. The maximum Gasteiger partial charge on any atom is 0.0457 e. The SMILES string of the molecule is CN1C[C@H]2CCN(c3ccc(N4CCN(c5ccncc5)CC4)cc3)[C@H]2C1. The Morgan fingerprint density at radius 1 is 0.741 bits per heavy atom. The zero-order valence-electron chi connectivity index (χ0n) is 16.2. The van der Waals surface area contributed by atoms with Crippen LogP contribution in [0.5, 0.6) is 0 Å². The molecule has 0 radical (unpaired) electrons. The average Bonchev–Trinajstić information content (AvgIpc) is 3.28. The highest BCUT2D eigenvalue weighted by atomic mass is 15.3. The molecule has 0 amide bonds. The van der Waals surface area contributed by atoms with Gasteiger partial charge in [0.2, 0.25) is 0 Å². The van der Waals surface area contributed by atoms with Gasteiger partial charge in [-0.3, -0.25) is 4.98 Å². The summed E-state index contributed by atoms with van der Waals surface area (Å²) in [5.74, 6) is 0.857. The fourth-order valence-electron chi connectivity index (χ4n) is 5.13. The number of piperazine rings is 1. The molecule has 1 aromatic carbocycles. The molecule has 0 bridgehead atoms. The summed E-state index contributed by atoms with van der Waals surface area (Å²) in [4.78, 5) is 14.2. The maximum absolute atomic E-state index is 4.12. The van der Waals surface area contributed by atoms with Crippen molar-refractivity contribution in [2.75, 3.05) is 67.6 Å². The van der Waals surface area contributed by atoms with E-state index in [0.29, 0.717) is 6.04 Å². The molecule has 5 nitrogen and oxygen atoms in total. The second kappa shape index (κ2) is 7.04. The van der Waals surface area contributed by atoms with Crippen molar-refractivity contribution in [1.29, 1.82) is 0 Å². The number of pyridine rings is 1.